The number of aromatic nitrogens is 1. The Labute approximate surface area is 206 Å². The lowest BCUT2D eigenvalue weighted by Crippen LogP contribution is -2.50. The second-order valence-electron chi connectivity index (χ2n) is 9.27. The lowest BCUT2D eigenvalue weighted by molar-refractivity contribution is -0.124. The van der Waals surface area contributed by atoms with Gasteiger partial charge in [0.1, 0.15) is 5.82 Å². The Morgan fingerprint density at radius 1 is 1.29 bits per heavy atom. The van der Waals surface area contributed by atoms with Crippen molar-refractivity contribution in [2.45, 2.75) is 57.7 Å². The zero-order chi connectivity index (χ0) is 25.0. The van der Waals surface area contributed by atoms with Gasteiger partial charge in [0.15, 0.2) is 11.5 Å². The van der Waals surface area contributed by atoms with Gasteiger partial charge in [0, 0.05) is 48.6 Å². The molecule has 1 aromatic heterocycles. The minimum atomic E-state index is -0.526. The number of likely N-dealkylation sites (N-methyl/N-ethyl adjacent to an activating group) is 1. The average Bonchev–Trinajstić information content (AvgIpc) is 3.31. The number of para-hydroxylation sites is 1. The molecule has 1 saturated carbocycles. The van der Waals surface area contributed by atoms with E-state index in [2.05, 4.69) is 22.2 Å². The number of carbonyl (C=O) groups is 2. The fraction of sp³-hybridized carbons (Fsp3) is 0.444. The van der Waals surface area contributed by atoms with Gasteiger partial charge in [-0.05, 0) is 31.4 Å². The Balaban J connectivity index is 1.49. The number of methoxy groups -OCH3 is 1. The molecule has 1 fully saturated rings. The van der Waals surface area contributed by atoms with Crippen LogP contribution < -0.4 is 20.1 Å². The highest BCUT2D eigenvalue weighted by atomic mass is 16.5. The molecule has 2 heterocycles. The van der Waals surface area contributed by atoms with Gasteiger partial charge in [-0.3, -0.25) is 14.9 Å². The topological polar surface area (TPSA) is 92.8 Å². The van der Waals surface area contributed by atoms with Gasteiger partial charge in [0.2, 0.25) is 5.91 Å². The number of carbonyl (C=O) groups excluding carboxylic acids is 2. The van der Waals surface area contributed by atoms with Crippen LogP contribution >= 0.6 is 0 Å². The number of ether oxygens (including phenoxy) is 2. The molecule has 0 radical (unpaired) electrons. The van der Waals surface area contributed by atoms with Crippen molar-refractivity contribution < 1.29 is 19.1 Å². The minimum absolute atomic E-state index is 0.0250. The number of rotatable bonds is 8. The summed E-state index contributed by atoms with van der Waals surface area (Å²) in [6.07, 6.45) is 6.18. The van der Waals surface area contributed by atoms with Crippen LogP contribution in [0.3, 0.4) is 0 Å². The van der Waals surface area contributed by atoms with Crippen LogP contribution in [0, 0.1) is 0 Å². The molecule has 0 saturated heterocycles. The highest BCUT2D eigenvalue weighted by Crippen LogP contribution is 2.35. The van der Waals surface area contributed by atoms with Crippen LogP contribution in [0.15, 0.2) is 37.0 Å². The van der Waals surface area contributed by atoms with Gasteiger partial charge >= 0.3 is 0 Å². The number of hydrogen-bond donors (Lipinski definition) is 2. The van der Waals surface area contributed by atoms with E-state index in [0.29, 0.717) is 48.1 Å². The van der Waals surface area contributed by atoms with Crippen molar-refractivity contribution in [1.82, 2.24) is 15.2 Å². The van der Waals surface area contributed by atoms with Gasteiger partial charge in [0.05, 0.1) is 19.3 Å². The van der Waals surface area contributed by atoms with Crippen molar-refractivity contribution in [3.8, 4) is 11.5 Å². The summed E-state index contributed by atoms with van der Waals surface area (Å²) >= 11 is 0. The number of anilines is 1. The van der Waals surface area contributed by atoms with Crippen LogP contribution in [0.4, 0.5) is 5.82 Å². The van der Waals surface area contributed by atoms with E-state index in [1.54, 1.807) is 25.3 Å². The Morgan fingerprint density at radius 3 is 2.77 bits per heavy atom. The lowest BCUT2D eigenvalue weighted by Gasteiger charge is -2.26. The summed E-state index contributed by atoms with van der Waals surface area (Å²) < 4.78 is 11.4. The molecule has 0 unspecified atom stereocenters. The average molecular weight is 479 g/mol. The Kier molecular flexibility index (Phi) is 7.40. The second kappa shape index (κ2) is 10.5. The Morgan fingerprint density at radius 2 is 2.06 bits per heavy atom. The smallest absolute Gasteiger partial charge is 0.253 e. The van der Waals surface area contributed by atoms with Crippen LogP contribution in [0.5, 0.6) is 11.5 Å². The molecule has 0 bridgehead atoms. The van der Waals surface area contributed by atoms with E-state index in [0.717, 1.165) is 43.2 Å². The van der Waals surface area contributed by atoms with Crippen molar-refractivity contribution in [1.29, 1.82) is 0 Å². The third-order valence-electron chi connectivity index (χ3n) is 6.80. The first kappa shape index (κ1) is 24.7. The maximum absolute atomic E-state index is 13.3. The summed E-state index contributed by atoms with van der Waals surface area (Å²) in [6.45, 7) is 7.50. The van der Waals surface area contributed by atoms with Crippen LogP contribution in [0.25, 0.3) is 5.57 Å². The first-order valence-corrected chi connectivity index (χ1v) is 12.2. The molecule has 4 rings (SSSR count). The molecule has 8 heteroatoms. The Bertz CT molecular complexity index is 1120. The van der Waals surface area contributed by atoms with Gasteiger partial charge in [-0.25, -0.2) is 4.98 Å². The molecule has 8 nitrogen and oxygen atoms in total. The second-order valence-corrected chi connectivity index (χ2v) is 9.27. The summed E-state index contributed by atoms with van der Waals surface area (Å²) in [4.78, 5) is 32.1. The predicted octanol–water partition coefficient (Wildman–Crippen LogP) is 3.91. The first-order valence-electron chi connectivity index (χ1n) is 12.2. The number of benzene rings is 1. The third kappa shape index (κ3) is 5.03. The van der Waals surface area contributed by atoms with Crippen molar-refractivity contribution in [2.75, 3.05) is 26.1 Å². The quantitative estimate of drug-likeness (QED) is 0.559. The Hall–Kier alpha value is -3.39. The highest BCUT2D eigenvalue weighted by molar-refractivity contribution is 6.18. The van der Waals surface area contributed by atoms with E-state index in [9.17, 15) is 9.59 Å². The van der Waals surface area contributed by atoms with Crippen LogP contribution in [-0.2, 0) is 22.7 Å². The minimum Gasteiger partial charge on any atom is -0.493 e. The van der Waals surface area contributed by atoms with Crippen LogP contribution in [0.2, 0.25) is 0 Å². The fourth-order valence-electron chi connectivity index (χ4n) is 4.77. The van der Waals surface area contributed by atoms with E-state index in [1.165, 1.54) is 0 Å². The molecular formula is C27H34N4O4. The maximum Gasteiger partial charge on any atom is 0.253 e. The van der Waals surface area contributed by atoms with Crippen molar-refractivity contribution in [2.24, 2.45) is 0 Å². The molecule has 2 N–H and O–H groups in total. The number of pyridine rings is 1. The van der Waals surface area contributed by atoms with Crippen molar-refractivity contribution >= 4 is 23.2 Å². The largest absolute Gasteiger partial charge is 0.493 e. The molecule has 186 valence electrons. The number of nitrogens with one attached hydrogen (secondary N) is 2. The van der Waals surface area contributed by atoms with Gasteiger partial charge in [-0.15, -0.1) is 0 Å². The SMILES string of the molecule is C=C(C(=O)N(C)Cc1cccc(OC)c1OCCC)c1cnc2c(c1)CNC1(CCCC1)C(=O)N2. The lowest BCUT2D eigenvalue weighted by atomic mass is 9.96. The maximum atomic E-state index is 13.3. The van der Waals surface area contributed by atoms with E-state index in [1.807, 2.05) is 31.2 Å². The molecule has 2 aromatic rings. The summed E-state index contributed by atoms with van der Waals surface area (Å²) in [7, 11) is 3.34. The van der Waals surface area contributed by atoms with Gasteiger partial charge in [-0.2, -0.15) is 0 Å². The fourth-order valence-corrected chi connectivity index (χ4v) is 4.77. The molecule has 1 aliphatic heterocycles. The van der Waals surface area contributed by atoms with E-state index in [-0.39, 0.29) is 11.8 Å². The number of amides is 2. The molecular weight excluding hydrogens is 444 g/mol. The molecule has 35 heavy (non-hydrogen) atoms. The van der Waals surface area contributed by atoms with Gasteiger partial charge in [-0.1, -0.05) is 38.5 Å². The molecule has 1 spiro atoms. The third-order valence-corrected chi connectivity index (χ3v) is 6.80. The molecule has 2 amide bonds. The number of nitrogens with zero attached hydrogens (tertiary/aromatic N) is 2. The summed E-state index contributed by atoms with van der Waals surface area (Å²) in [5.74, 6) is 1.59. The zero-order valence-corrected chi connectivity index (χ0v) is 20.8. The standard InChI is InChI=1S/C27H34N4O4/c1-5-13-35-23-19(9-8-10-22(23)34-4)17-31(3)25(32)18(2)20-14-21-16-29-27(11-6-7-12-27)26(33)30-24(21)28-15-20/h8-10,14-15,29H,2,5-7,11-13,16-17H2,1,3-4H3,(H,28,30,33). The highest BCUT2D eigenvalue weighted by Gasteiger charge is 2.42. The van der Waals surface area contributed by atoms with Crippen LogP contribution in [-0.4, -0.2) is 48.0 Å². The molecule has 1 aliphatic carbocycles. The van der Waals surface area contributed by atoms with Crippen molar-refractivity contribution in [3.05, 3.63) is 53.7 Å². The number of hydrogen-bond acceptors (Lipinski definition) is 6. The van der Waals surface area contributed by atoms with Crippen LogP contribution in [0.1, 0.15) is 55.7 Å². The van der Waals surface area contributed by atoms with E-state index in [4.69, 9.17) is 9.47 Å². The zero-order valence-electron chi connectivity index (χ0n) is 20.8. The predicted molar refractivity (Wildman–Crippen MR) is 135 cm³/mol. The molecule has 0 atom stereocenters. The monoisotopic (exact) mass is 478 g/mol. The summed E-state index contributed by atoms with van der Waals surface area (Å²) in [5.41, 5.74) is 2.15. The summed E-state index contributed by atoms with van der Waals surface area (Å²) in [5, 5.41) is 6.42. The summed E-state index contributed by atoms with van der Waals surface area (Å²) in [6, 6.07) is 7.55. The van der Waals surface area contributed by atoms with Gasteiger partial charge in [0.25, 0.3) is 5.91 Å². The van der Waals surface area contributed by atoms with E-state index >= 15 is 0 Å². The van der Waals surface area contributed by atoms with E-state index < -0.39 is 5.54 Å². The van der Waals surface area contributed by atoms with Gasteiger partial charge < -0.3 is 19.7 Å². The first-order chi connectivity index (χ1) is 16.9. The normalized spacial score (nSPS) is 16.3. The number of fused-ring (bicyclic) bond motifs is 1. The molecule has 2 aliphatic rings. The molecule has 1 aromatic carbocycles. The van der Waals surface area contributed by atoms with Crippen molar-refractivity contribution in [3.63, 3.8) is 0 Å².